The fraction of sp³-hybridized carbons (Fsp3) is 0.441. The van der Waals surface area contributed by atoms with Gasteiger partial charge < -0.3 is 24.3 Å². The predicted molar refractivity (Wildman–Crippen MR) is 167 cm³/mol. The summed E-state index contributed by atoms with van der Waals surface area (Å²) in [5.41, 5.74) is 1.68. The van der Waals surface area contributed by atoms with Crippen LogP contribution in [0.1, 0.15) is 79.1 Å². The zero-order valence-electron chi connectivity index (χ0n) is 25.5. The Morgan fingerprint density at radius 2 is 1.17 bits per heavy atom. The zero-order valence-corrected chi connectivity index (χ0v) is 25.5. The second-order valence-corrected chi connectivity index (χ2v) is 10.7. The molecule has 2 aromatic carbocycles. The van der Waals surface area contributed by atoms with Crippen molar-refractivity contribution in [3.05, 3.63) is 54.7 Å². The summed E-state index contributed by atoms with van der Waals surface area (Å²) < 4.78 is 14.2. The molecule has 42 heavy (non-hydrogen) atoms. The van der Waals surface area contributed by atoms with Crippen molar-refractivity contribution in [3.63, 3.8) is 0 Å². The molecule has 2 unspecified atom stereocenters. The number of aryl methyl sites for hydroxylation is 1. The van der Waals surface area contributed by atoms with Crippen molar-refractivity contribution in [1.29, 1.82) is 0 Å². The second-order valence-electron chi connectivity index (χ2n) is 10.7. The number of hydrogen-bond donors (Lipinski definition) is 2. The third-order valence-corrected chi connectivity index (χ3v) is 7.50. The van der Waals surface area contributed by atoms with Gasteiger partial charge in [-0.1, -0.05) is 53.4 Å². The van der Waals surface area contributed by atoms with Gasteiger partial charge >= 0.3 is 0 Å². The number of unbranched alkanes of at least 4 members (excludes halogenated alkanes) is 2. The first-order chi connectivity index (χ1) is 20.4. The molecule has 8 nitrogen and oxygen atoms in total. The second kappa shape index (κ2) is 14.7. The van der Waals surface area contributed by atoms with Gasteiger partial charge in [-0.25, -0.2) is 15.0 Å². The fourth-order valence-electron chi connectivity index (χ4n) is 4.91. The molecule has 4 aromatic rings. The van der Waals surface area contributed by atoms with E-state index < -0.39 is 0 Å². The summed E-state index contributed by atoms with van der Waals surface area (Å²) in [6, 6.07) is 14.3. The zero-order chi connectivity index (χ0) is 30.1. The maximum atomic E-state index is 11.1. The normalized spacial score (nSPS) is 12.7. The quantitative estimate of drug-likeness (QED) is 0.148. The molecular formula is C34H44N4O4. The molecule has 2 atom stereocenters. The van der Waals surface area contributed by atoms with Gasteiger partial charge in [0, 0.05) is 25.4 Å². The number of phenols is 2. The van der Waals surface area contributed by atoms with E-state index in [9.17, 15) is 10.2 Å². The molecule has 0 aliphatic rings. The smallest absolute Gasteiger partial charge is 0.180 e. The molecule has 0 fully saturated rings. The Morgan fingerprint density at radius 3 is 1.55 bits per heavy atom. The van der Waals surface area contributed by atoms with Crippen LogP contribution < -0.4 is 9.47 Å². The van der Waals surface area contributed by atoms with Crippen molar-refractivity contribution in [2.45, 2.75) is 91.3 Å². The van der Waals surface area contributed by atoms with E-state index in [2.05, 4.69) is 27.7 Å². The van der Waals surface area contributed by atoms with E-state index >= 15 is 0 Å². The van der Waals surface area contributed by atoms with Gasteiger partial charge in [0.05, 0.1) is 29.0 Å². The van der Waals surface area contributed by atoms with Crippen molar-refractivity contribution in [3.8, 4) is 57.3 Å². The standard InChI is InChI=1S/C34H44N4O4/c1-6-10-13-23(8-3)41-25-16-18-27(30(39)21-25)32-35-33(37-34(36-32)29-15-12-20-38(29)5)28-19-17-26(22-31(28)40)42-24(9-4)14-11-7-2/h12,15-24,39-40H,6-11,13-14H2,1-5H3. The maximum absolute atomic E-state index is 11.1. The Morgan fingerprint density at radius 1 is 0.690 bits per heavy atom. The Labute approximate surface area is 249 Å². The number of hydrogen-bond acceptors (Lipinski definition) is 7. The molecule has 0 radical (unpaired) electrons. The molecule has 0 amide bonds. The molecule has 0 saturated heterocycles. The van der Waals surface area contributed by atoms with Crippen LogP contribution in [0, 0.1) is 0 Å². The highest BCUT2D eigenvalue weighted by Gasteiger charge is 2.19. The van der Waals surface area contributed by atoms with Gasteiger partial charge in [0.2, 0.25) is 0 Å². The first-order valence-corrected chi connectivity index (χ1v) is 15.2. The molecule has 2 heterocycles. The highest BCUT2D eigenvalue weighted by atomic mass is 16.5. The van der Waals surface area contributed by atoms with E-state index in [1.54, 1.807) is 24.3 Å². The van der Waals surface area contributed by atoms with E-state index in [1.165, 1.54) is 0 Å². The number of ether oxygens (including phenoxy) is 2. The highest BCUT2D eigenvalue weighted by molar-refractivity contribution is 5.72. The van der Waals surface area contributed by atoms with E-state index in [0.29, 0.717) is 40.1 Å². The monoisotopic (exact) mass is 572 g/mol. The van der Waals surface area contributed by atoms with Crippen LogP contribution in [0.3, 0.4) is 0 Å². The number of nitrogens with zero attached hydrogens (tertiary/aromatic N) is 4. The molecule has 2 N–H and O–H groups in total. The third kappa shape index (κ3) is 7.60. The molecule has 0 aliphatic heterocycles. The lowest BCUT2D eigenvalue weighted by Gasteiger charge is -2.18. The van der Waals surface area contributed by atoms with Crippen LogP contribution >= 0.6 is 0 Å². The average Bonchev–Trinajstić information content (AvgIpc) is 3.43. The van der Waals surface area contributed by atoms with Crippen molar-refractivity contribution >= 4 is 0 Å². The summed E-state index contributed by atoms with van der Waals surface area (Å²) in [7, 11) is 1.91. The first kappa shape index (κ1) is 30.9. The SMILES string of the molecule is CCCCC(CC)Oc1ccc(-c2nc(-c3ccc(OC(CC)CCCC)cc3O)nc(-c3cccn3C)n2)c(O)c1. The van der Waals surface area contributed by atoms with Crippen LogP contribution in [-0.4, -0.2) is 41.9 Å². The lowest BCUT2D eigenvalue weighted by atomic mass is 10.1. The van der Waals surface area contributed by atoms with Crippen molar-refractivity contribution in [2.75, 3.05) is 0 Å². The van der Waals surface area contributed by atoms with Crippen LogP contribution in [0.25, 0.3) is 34.3 Å². The Hall–Kier alpha value is -4.07. The molecule has 0 aliphatic carbocycles. The third-order valence-electron chi connectivity index (χ3n) is 7.50. The molecule has 8 heteroatoms. The minimum absolute atomic E-state index is 0.0125. The Kier molecular flexibility index (Phi) is 10.8. The van der Waals surface area contributed by atoms with Gasteiger partial charge in [0.15, 0.2) is 17.5 Å². The van der Waals surface area contributed by atoms with Gasteiger partial charge in [0.1, 0.15) is 23.0 Å². The Balaban J connectivity index is 1.70. The lowest BCUT2D eigenvalue weighted by Crippen LogP contribution is -2.15. The molecule has 0 saturated carbocycles. The van der Waals surface area contributed by atoms with Gasteiger partial charge in [-0.15, -0.1) is 0 Å². The van der Waals surface area contributed by atoms with Gasteiger partial charge in [-0.3, -0.25) is 0 Å². The average molecular weight is 573 g/mol. The van der Waals surface area contributed by atoms with E-state index in [1.807, 2.05) is 42.1 Å². The van der Waals surface area contributed by atoms with Crippen LogP contribution in [0.2, 0.25) is 0 Å². The summed E-state index contributed by atoms with van der Waals surface area (Å²) >= 11 is 0. The van der Waals surface area contributed by atoms with Crippen molar-refractivity contribution in [2.24, 2.45) is 7.05 Å². The molecular weight excluding hydrogens is 528 g/mol. The predicted octanol–water partition coefficient (Wildman–Crippen LogP) is 8.32. The number of benzene rings is 2. The van der Waals surface area contributed by atoms with E-state index in [-0.39, 0.29) is 23.7 Å². The topological polar surface area (TPSA) is 103 Å². The van der Waals surface area contributed by atoms with Gasteiger partial charge in [0.25, 0.3) is 0 Å². The summed E-state index contributed by atoms with van der Waals surface area (Å²) in [5.74, 6) is 2.25. The van der Waals surface area contributed by atoms with Crippen LogP contribution in [0.4, 0.5) is 0 Å². The minimum atomic E-state index is 0.0125. The Bertz CT molecular complexity index is 1370. The molecule has 0 spiro atoms. The van der Waals surface area contributed by atoms with Crippen LogP contribution in [0.5, 0.6) is 23.0 Å². The summed E-state index contributed by atoms with van der Waals surface area (Å²) in [6.07, 6.45) is 10.2. The maximum Gasteiger partial charge on any atom is 0.180 e. The molecule has 2 aromatic heterocycles. The molecule has 4 rings (SSSR count). The number of phenolic OH excluding ortho intramolecular Hbond substituents is 2. The van der Waals surface area contributed by atoms with E-state index in [4.69, 9.17) is 24.4 Å². The summed E-state index contributed by atoms with van der Waals surface area (Å²) in [5, 5.41) is 22.1. The highest BCUT2D eigenvalue weighted by Crippen LogP contribution is 2.36. The van der Waals surface area contributed by atoms with Crippen molar-refractivity contribution in [1.82, 2.24) is 19.5 Å². The van der Waals surface area contributed by atoms with Crippen LogP contribution in [0.15, 0.2) is 54.7 Å². The summed E-state index contributed by atoms with van der Waals surface area (Å²) in [4.78, 5) is 14.1. The van der Waals surface area contributed by atoms with Gasteiger partial charge in [-0.05, 0) is 62.1 Å². The lowest BCUT2D eigenvalue weighted by molar-refractivity contribution is 0.183. The van der Waals surface area contributed by atoms with Crippen molar-refractivity contribution < 1.29 is 19.7 Å². The van der Waals surface area contributed by atoms with Crippen LogP contribution in [-0.2, 0) is 7.05 Å². The largest absolute Gasteiger partial charge is 0.507 e. The fourth-order valence-corrected chi connectivity index (χ4v) is 4.91. The first-order valence-electron chi connectivity index (χ1n) is 15.2. The number of rotatable bonds is 15. The van der Waals surface area contributed by atoms with Gasteiger partial charge in [-0.2, -0.15) is 0 Å². The minimum Gasteiger partial charge on any atom is -0.507 e. The van der Waals surface area contributed by atoms with E-state index in [0.717, 1.165) is 57.1 Å². The number of aromatic hydroxyl groups is 2. The summed E-state index contributed by atoms with van der Waals surface area (Å²) in [6.45, 7) is 8.54. The molecule has 0 bridgehead atoms. The molecule has 224 valence electrons. The number of aromatic nitrogens is 4.